The molecule has 2 N–H and O–H groups in total. The Balaban J connectivity index is 2.20. The van der Waals surface area contributed by atoms with Gasteiger partial charge in [-0.1, -0.05) is 71.4 Å². The predicted octanol–water partition coefficient (Wildman–Crippen LogP) is 5.01. The molecule has 0 unspecified atom stereocenters. The SMILES string of the molecule is CC[C@H](C)[C@@H]([C@@H](CC(=O)N1CCC[C@H]1[C@H](OC)[C@@H](C)C(=O)CCCc1ccccc1)OC)N(C)C(=O)[C@H](CCN)CC(=O)[C@H](C(C)C)N(C)C. The van der Waals surface area contributed by atoms with Gasteiger partial charge in [-0.15, -0.1) is 0 Å². The minimum atomic E-state index is -0.565. The third kappa shape index (κ3) is 12.0. The number of rotatable bonds is 23. The molecule has 1 saturated heterocycles. The molecule has 0 aromatic heterocycles. The van der Waals surface area contributed by atoms with Crippen molar-refractivity contribution in [1.82, 2.24) is 14.7 Å². The minimum Gasteiger partial charge on any atom is -0.379 e. The monoisotopic (exact) mass is 701 g/mol. The molecule has 1 heterocycles. The first-order chi connectivity index (χ1) is 23.7. The number of ketones is 2. The van der Waals surface area contributed by atoms with Crippen molar-refractivity contribution < 1.29 is 28.7 Å². The maximum atomic E-state index is 14.1. The van der Waals surface area contributed by atoms with E-state index in [-0.39, 0.29) is 72.6 Å². The van der Waals surface area contributed by atoms with Crippen molar-refractivity contribution >= 4 is 23.4 Å². The van der Waals surface area contributed by atoms with Gasteiger partial charge in [-0.25, -0.2) is 0 Å². The summed E-state index contributed by atoms with van der Waals surface area (Å²) < 4.78 is 12.0. The van der Waals surface area contributed by atoms with E-state index < -0.39 is 24.2 Å². The van der Waals surface area contributed by atoms with Crippen LogP contribution in [0.15, 0.2) is 30.3 Å². The lowest BCUT2D eigenvalue weighted by Gasteiger charge is -2.40. The van der Waals surface area contributed by atoms with Gasteiger partial charge in [-0.3, -0.25) is 24.1 Å². The number of amides is 2. The van der Waals surface area contributed by atoms with E-state index in [4.69, 9.17) is 15.2 Å². The second-order valence-electron chi connectivity index (χ2n) is 15.0. The van der Waals surface area contributed by atoms with Gasteiger partial charge in [0.05, 0.1) is 36.8 Å². The molecule has 0 spiro atoms. The van der Waals surface area contributed by atoms with Crippen LogP contribution < -0.4 is 5.73 Å². The van der Waals surface area contributed by atoms with E-state index in [0.29, 0.717) is 19.4 Å². The summed E-state index contributed by atoms with van der Waals surface area (Å²) in [6, 6.07) is 9.27. The van der Waals surface area contributed by atoms with E-state index in [1.807, 2.05) is 62.9 Å². The highest BCUT2D eigenvalue weighted by Gasteiger charge is 2.42. The van der Waals surface area contributed by atoms with Gasteiger partial charge in [-0.05, 0) is 70.1 Å². The molecule has 1 aromatic carbocycles. The number of hydrogen-bond donors (Lipinski definition) is 1. The van der Waals surface area contributed by atoms with Crippen molar-refractivity contribution in [1.29, 1.82) is 0 Å². The lowest BCUT2D eigenvalue weighted by atomic mass is 9.86. The zero-order chi connectivity index (χ0) is 37.5. The van der Waals surface area contributed by atoms with Crippen molar-refractivity contribution in [3.8, 4) is 0 Å². The van der Waals surface area contributed by atoms with E-state index in [9.17, 15) is 19.2 Å². The van der Waals surface area contributed by atoms with Crippen LogP contribution in [0.2, 0.25) is 0 Å². The number of carbonyl (C=O) groups is 4. The maximum absolute atomic E-state index is 14.1. The summed E-state index contributed by atoms with van der Waals surface area (Å²) in [5.74, 6) is -0.828. The standard InChI is InChI=1S/C40H68N4O6/c1-11-28(4)38(43(8)40(48)31(22-23-41)25-34(46)37(27(2)3)42(6)7)35(49-9)26-36(47)44-24-16-20-32(44)39(50-10)29(5)33(45)21-15-19-30-17-13-12-14-18-30/h12-14,17-18,27-29,31-32,35,37-39H,11,15-16,19-26,41H2,1-10H3/t28-,29-,31+,32-,35+,37-,38-,39+/m0/s1. The molecule has 50 heavy (non-hydrogen) atoms. The highest BCUT2D eigenvalue weighted by molar-refractivity contribution is 5.90. The molecule has 284 valence electrons. The van der Waals surface area contributed by atoms with E-state index in [1.54, 1.807) is 26.2 Å². The molecular formula is C40H68N4O6. The topological polar surface area (TPSA) is 122 Å². The second-order valence-corrected chi connectivity index (χ2v) is 15.0. The zero-order valence-electron chi connectivity index (χ0n) is 32.7. The number of Topliss-reactive ketones (excluding diaryl/α,β-unsaturated/α-hetero) is 2. The number of methoxy groups -OCH3 is 2. The average molecular weight is 701 g/mol. The lowest BCUT2D eigenvalue weighted by molar-refractivity contribution is -0.148. The van der Waals surface area contributed by atoms with Crippen molar-refractivity contribution in [2.45, 2.75) is 123 Å². The van der Waals surface area contributed by atoms with Gasteiger partial charge in [0.1, 0.15) is 5.78 Å². The number of likely N-dealkylation sites (N-methyl/N-ethyl adjacent to an activating group) is 2. The van der Waals surface area contributed by atoms with Crippen LogP contribution in [0.25, 0.3) is 0 Å². The smallest absolute Gasteiger partial charge is 0.226 e. The van der Waals surface area contributed by atoms with Crippen LogP contribution in [0, 0.1) is 23.7 Å². The van der Waals surface area contributed by atoms with E-state index >= 15 is 0 Å². The fourth-order valence-corrected chi connectivity index (χ4v) is 8.10. The highest BCUT2D eigenvalue weighted by atomic mass is 16.5. The summed E-state index contributed by atoms with van der Waals surface area (Å²) in [6.07, 6.45) is 4.06. The Bertz CT molecular complexity index is 1190. The highest BCUT2D eigenvalue weighted by Crippen LogP contribution is 2.31. The Labute approximate surface area is 302 Å². The van der Waals surface area contributed by atoms with Crippen LogP contribution in [0.5, 0.6) is 0 Å². The molecule has 0 aliphatic carbocycles. The Morgan fingerprint density at radius 1 is 0.960 bits per heavy atom. The zero-order valence-corrected chi connectivity index (χ0v) is 32.7. The molecule has 2 amide bonds. The van der Waals surface area contributed by atoms with Crippen molar-refractivity contribution in [3.63, 3.8) is 0 Å². The number of ether oxygens (including phenoxy) is 2. The number of nitrogens with zero attached hydrogens (tertiary/aromatic N) is 3. The molecule has 0 saturated carbocycles. The van der Waals surface area contributed by atoms with Crippen LogP contribution >= 0.6 is 0 Å². The predicted molar refractivity (Wildman–Crippen MR) is 200 cm³/mol. The summed E-state index contributed by atoms with van der Waals surface area (Å²) >= 11 is 0. The average Bonchev–Trinajstić information content (AvgIpc) is 3.57. The molecule has 1 fully saturated rings. The maximum Gasteiger partial charge on any atom is 0.226 e. The Hall–Kier alpha value is -2.66. The molecule has 1 aromatic rings. The van der Waals surface area contributed by atoms with E-state index in [2.05, 4.69) is 26.0 Å². The van der Waals surface area contributed by atoms with Gasteiger partial charge in [0.2, 0.25) is 11.8 Å². The number of benzene rings is 1. The van der Waals surface area contributed by atoms with E-state index in [1.165, 1.54) is 5.56 Å². The quantitative estimate of drug-likeness (QED) is 0.169. The molecule has 1 aliphatic rings. The third-order valence-corrected chi connectivity index (χ3v) is 10.9. The summed E-state index contributed by atoms with van der Waals surface area (Å²) in [6.45, 7) is 10.9. The van der Waals surface area contributed by atoms with Crippen LogP contribution in [0.4, 0.5) is 0 Å². The van der Waals surface area contributed by atoms with Crippen LogP contribution in [0.3, 0.4) is 0 Å². The van der Waals surface area contributed by atoms with Crippen molar-refractivity contribution in [2.24, 2.45) is 29.4 Å². The molecule has 0 radical (unpaired) electrons. The first kappa shape index (κ1) is 43.5. The second kappa shape index (κ2) is 21.6. The van der Waals surface area contributed by atoms with Crippen LogP contribution in [0.1, 0.15) is 91.5 Å². The molecule has 10 nitrogen and oxygen atoms in total. The summed E-state index contributed by atoms with van der Waals surface area (Å²) in [7, 11) is 8.76. The molecule has 8 atom stereocenters. The molecule has 1 aliphatic heterocycles. The van der Waals surface area contributed by atoms with Gasteiger partial charge in [0, 0.05) is 52.5 Å². The Kier molecular flexibility index (Phi) is 18.8. The number of likely N-dealkylation sites (tertiary alicyclic amines) is 1. The number of carbonyl (C=O) groups excluding carboxylic acids is 4. The summed E-state index contributed by atoms with van der Waals surface area (Å²) in [4.78, 5) is 60.5. The van der Waals surface area contributed by atoms with Gasteiger partial charge in [0.15, 0.2) is 5.78 Å². The molecule has 2 rings (SSSR count). The van der Waals surface area contributed by atoms with Gasteiger partial charge in [0.25, 0.3) is 0 Å². The number of nitrogens with two attached hydrogens (primary N) is 1. The fourth-order valence-electron chi connectivity index (χ4n) is 8.10. The molecule has 0 bridgehead atoms. The van der Waals surface area contributed by atoms with Crippen molar-refractivity contribution in [2.75, 3.05) is 48.5 Å². The van der Waals surface area contributed by atoms with Crippen molar-refractivity contribution in [3.05, 3.63) is 35.9 Å². The lowest BCUT2D eigenvalue weighted by Crippen LogP contribution is -2.54. The third-order valence-electron chi connectivity index (χ3n) is 10.9. The van der Waals surface area contributed by atoms with Gasteiger partial charge in [-0.2, -0.15) is 0 Å². The summed E-state index contributed by atoms with van der Waals surface area (Å²) in [5.41, 5.74) is 7.18. The largest absolute Gasteiger partial charge is 0.379 e. The fraction of sp³-hybridized carbons (Fsp3) is 0.750. The Morgan fingerprint density at radius 2 is 1.62 bits per heavy atom. The van der Waals surface area contributed by atoms with Crippen LogP contribution in [-0.4, -0.2) is 117 Å². The normalized spacial score (nSPS) is 19.1. The number of hydrogen-bond acceptors (Lipinski definition) is 8. The summed E-state index contributed by atoms with van der Waals surface area (Å²) in [5, 5.41) is 0. The Morgan fingerprint density at radius 3 is 2.16 bits per heavy atom. The van der Waals surface area contributed by atoms with Gasteiger partial charge >= 0.3 is 0 Å². The first-order valence-electron chi connectivity index (χ1n) is 18.8. The molecule has 10 heteroatoms. The molecular weight excluding hydrogens is 632 g/mol. The minimum absolute atomic E-state index is 0.0238. The van der Waals surface area contributed by atoms with Gasteiger partial charge < -0.3 is 25.0 Å². The van der Waals surface area contributed by atoms with E-state index in [0.717, 1.165) is 32.1 Å². The number of aryl methyl sites for hydroxylation is 1. The van der Waals surface area contributed by atoms with Crippen LogP contribution in [-0.2, 0) is 35.1 Å². The first-order valence-corrected chi connectivity index (χ1v) is 18.8.